The lowest BCUT2D eigenvalue weighted by molar-refractivity contribution is 0.0975. The third kappa shape index (κ3) is 4.57. The highest BCUT2D eigenvalue weighted by Crippen LogP contribution is 2.61. The fourth-order valence-electron chi connectivity index (χ4n) is 2.74. The summed E-state index contributed by atoms with van der Waals surface area (Å²) in [5.74, 6) is 0.0927. The van der Waals surface area contributed by atoms with Gasteiger partial charge in [0.2, 0.25) is 0 Å². The minimum atomic E-state index is -3.22. The van der Waals surface area contributed by atoms with Crippen molar-refractivity contribution in [3.8, 4) is 0 Å². The fraction of sp³-hybridized carbons (Fsp3) is 0.111. The van der Waals surface area contributed by atoms with Crippen molar-refractivity contribution in [2.24, 2.45) is 4.99 Å². The largest absolute Gasteiger partial charge is 0.451 e. The Labute approximate surface area is 164 Å². The van der Waals surface area contributed by atoms with Crippen molar-refractivity contribution in [1.29, 1.82) is 0 Å². The minimum absolute atomic E-state index is 0.289. The first-order valence-corrected chi connectivity index (χ1v) is 12.0. The molecule has 4 rings (SSSR count). The number of furan rings is 1. The zero-order chi connectivity index (χ0) is 18.9. The molecule has 1 aliphatic rings. The average Bonchev–Trinajstić information content (AvgIpc) is 2.93. The van der Waals surface area contributed by atoms with E-state index in [9.17, 15) is 9.36 Å². The molecule has 0 aliphatic carbocycles. The molecule has 0 saturated heterocycles. The molecule has 0 spiro atoms. The van der Waals surface area contributed by atoms with E-state index in [0.29, 0.717) is 12.2 Å². The summed E-state index contributed by atoms with van der Waals surface area (Å²) in [5.41, 5.74) is 4.68. The molecule has 0 atom stereocenters. The summed E-state index contributed by atoms with van der Waals surface area (Å²) >= 11 is 13.8. The smallest absolute Gasteiger partial charge is 0.339 e. The van der Waals surface area contributed by atoms with Crippen LogP contribution in [0.25, 0.3) is 11.0 Å². The van der Waals surface area contributed by atoms with Crippen molar-refractivity contribution in [1.82, 2.24) is 0 Å². The van der Waals surface area contributed by atoms with E-state index in [1.54, 1.807) is 0 Å². The molecular formula is C18H13Cl3NO3P. The van der Waals surface area contributed by atoms with Gasteiger partial charge in [-0.25, -0.2) is 4.99 Å². The van der Waals surface area contributed by atoms with Gasteiger partial charge in [0.1, 0.15) is 5.58 Å². The number of aryl methyl sites for hydroxylation is 1. The Morgan fingerprint density at radius 1 is 1.04 bits per heavy atom. The number of carbonyl (C=O) groups is 1. The standard InChI is InChI=1S/C18H13NO2.Cl3OP/c1-11-6-8-12(9-7-11)15-10-14-13-4-2-3-5-16(13)21-17(14)18(20)19-15;1-5(2,3)4/h2-9H,10H2,1H3;. The molecule has 134 valence electrons. The van der Waals surface area contributed by atoms with Crippen LogP contribution in [0.4, 0.5) is 0 Å². The van der Waals surface area contributed by atoms with Crippen molar-refractivity contribution in [2.45, 2.75) is 13.3 Å². The number of hydrogen-bond donors (Lipinski definition) is 0. The normalized spacial score (nSPS) is 13.7. The molecule has 4 nitrogen and oxygen atoms in total. The van der Waals surface area contributed by atoms with Gasteiger partial charge in [-0.1, -0.05) is 48.0 Å². The number of nitrogens with zero attached hydrogens (tertiary/aromatic N) is 1. The summed E-state index contributed by atoms with van der Waals surface area (Å²) in [5, 5.41) is -2.22. The molecule has 0 bridgehead atoms. The molecule has 0 radical (unpaired) electrons. The van der Waals surface area contributed by atoms with Crippen LogP contribution in [-0.2, 0) is 11.0 Å². The van der Waals surface area contributed by atoms with Crippen LogP contribution in [0.3, 0.4) is 0 Å². The lowest BCUT2D eigenvalue weighted by atomic mass is 9.96. The highest BCUT2D eigenvalue weighted by atomic mass is 36.0. The zero-order valence-corrected chi connectivity index (χ0v) is 16.7. The highest BCUT2D eigenvalue weighted by Gasteiger charge is 2.26. The molecule has 2 aromatic carbocycles. The van der Waals surface area contributed by atoms with Gasteiger partial charge in [-0.2, -0.15) is 0 Å². The monoisotopic (exact) mass is 427 g/mol. The second kappa shape index (κ2) is 7.58. The van der Waals surface area contributed by atoms with E-state index in [0.717, 1.165) is 27.8 Å². The Kier molecular flexibility index (Phi) is 5.59. The summed E-state index contributed by atoms with van der Waals surface area (Å²) in [4.78, 5) is 16.4. The van der Waals surface area contributed by atoms with E-state index in [-0.39, 0.29) is 5.91 Å². The van der Waals surface area contributed by atoms with E-state index < -0.39 is 5.20 Å². The zero-order valence-electron chi connectivity index (χ0n) is 13.6. The van der Waals surface area contributed by atoms with Gasteiger partial charge in [-0.05, 0) is 52.3 Å². The lowest BCUT2D eigenvalue weighted by Gasteiger charge is -2.11. The van der Waals surface area contributed by atoms with Gasteiger partial charge in [0, 0.05) is 17.4 Å². The van der Waals surface area contributed by atoms with E-state index in [2.05, 4.69) is 38.7 Å². The van der Waals surface area contributed by atoms with Gasteiger partial charge in [0.25, 0.3) is 0 Å². The van der Waals surface area contributed by atoms with Crippen LogP contribution in [-0.4, -0.2) is 11.6 Å². The predicted octanol–water partition coefficient (Wildman–Crippen LogP) is 6.74. The first-order chi connectivity index (χ1) is 12.2. The molecule has 1 amide bonds. The maximum atomic E-state index is 12.2. The maximum absolute atomic E-state index is 12.2. The van der Waals surface area contributed by atoms with Crippen LogP contribution in [0.2, 0.25) is 0 Å². The van der Waals surface area contributed by atoms with Gasteiger partial charge in [-0.3, -0.25) is 9.36 Å². The molecule has 1 aliphatic heterocycles. The number of rotatable bonds is 1. The topological polar surface area (TPSA) is 59.6 Å². The van der Waals surface area contributed by atoms with Crippen molar-refractivity contribution in [3.63, 3.8) is 0 Å². The van der Waals surface area contributed by atoms with E-state index >= 15 is 0 Å². The first-order valence-electron chi connectivity index (χ1n) is 7.61. The van der Waals surface area contributed by atoms with Gasteiger partial charge in [0.05, 0.1) is 5.71 Å². The Bertz CT molecular complexity index is 1040. The van der Waals surface area contributed by atoms with Crippen LogP contribution >= 0.6 is 38.9 Å². The highest BCUT2D eigenvalue weighted by molar-refractivity contribution is 8.24. The van der Waals surface area contributed by atoms with Gasteiger partial charge in [0.15, 0.2) is 5.76 Å². The maximum Gasteiger partial charge on any atom is 0.339 e. The number of benzene rings is 2. The number of hydrogen-bond acceptors (Lipinski definition) is 3. The second-order valence-electron chi connectivity index (χ2n) is 5.71. The van der Waals surface area contributed by atoms with E-state index in [4.69, 9.17) is 4.42 Å². The number of amides is 1. The first kappa shape index (κ1) is 19.2. The SMILES string of the molecule is Cc1ccc(C2=NC(=O)c3oc4ccccc4c3C2)cc1.O=P(Cl)(Cl)Cl. The summed E-state index contributed by atoms with van der Waals surface area (Å²) < 4.78 is 15.2. The van der Waals surface area contributed by atoms with Gasteiger partial charge in [-0.15, -0.1) is 0 Å². The molecule has 0 N–H and O–H groups in total. The van der Waals surface area contributed by atoms with Crippen molar-refractivity contribution in [2.75, 3.05) is 0 Å². The molecule has 0 fully saturated rings. The number of halogens is 3. The van der Waals surface area contributed by atoms with Crippen LogP contribution < -0.4 is 0 Å². The Balaban J connectivity index is 0.000000349. The minimum Gasteiger partial charge on any atom is -0.451 e. The summed E-state index contributed by atoms with van der Waals surface area (Å²) in [6.45, 7) is 2.04. The molecule has 1 aromatic heterocycles. The Morgan fingerprint density at radius 2 is 1.65 bits per heavy atom. The van der Waals surface area contributed by atoms with E-state index in [1.807, 2.05) is 55.5 Å². The average molecular weight is 429 g/mol. The number of fused-ring (bicyclic) bond motifs is 3. The van der Waals surface area contributed by atoms with Gasteiger partial charge < -0.3 is 4.42 Å². The molecule has 8 heteroatoms. The third-order valence-corrected chi connectivity index (χ3v) is 3.86. The summed E-state index contributed by atoms with van der Waals surface area (Å²) in [6.07, 6.45) is 0.626. The lowest BCUT2D eigenvalue weighted by Crippen LogP contribution is -2.16. The van der Waals surface area contributed by atoms with Crippen LogP contribution in [0.1, 0.15) is 27.2 Å². The Morgan fingerprint density at radius 3 is 2.31 bits per heavy atom. The second-order valence-corrected chi connectivity index (χ2v) is 12.4. The molecule has 26 heavy (non-hydrogen) atoms. The molecule has 3 aromatic rings. The quantitative estimate of drug-likeness (QED) is 0.403. The van der Waals surface area contributed by atoms with Gasteiger partial charge >= 0.3 is 11.1 Å². The van der Waals surface area contributed by atoms with Crippen LogP contribution in [0.15, 0.2) is 57.9 Å². The summed E-state index contributed by atoms with van der Waals surface area (Å²) in [7, 11) is 0. The Hall–Kier alpha value is -1.58. The van der Waals surface area contributed by atoms with Crippen molar-refractivity contribution >= 4 is 61.5 Å². The van der Waals surface area contributed by atoms with Crippen molar-refractivity contribution < 1.29 is 13.8 Å². The fourth-order valence-corrected chi connectivity index (χ4v) is 2.74. The summed E-state index contributed by atoms with van der Waals surface area (Å²) in [6, 6.07) is 15.8. The van der Waals surface area contributed by atoms with Crippen molar-refractivity contribution in [3.05, 3.63) is 71.0 Å². The number of carbonyl (C=O) groups excluding carboxylic acids is 1. The predicted molar refractivity (Wildman–Crippen MR) is 107 cm³/mol. The van der Waals surface area contributed by atoms with Crippen LogP contribution in [0.5, 0.6) is 0 Å². The molecule has 2 heterocycles. The van der Waals surface area contributed by atoms with E-state index in [1.165, 1.54) is 5.56 Å². The van der Waals surface area contributed by atoms with Crippen LogP contribution in [0, 0.1) is 6.92 Å². The number of para-hydroxylation sites is 1. The molecular weight excluding hydrogens is 416 g/mol. The third-order valence-electron chi connectivity index (χ3n) is 3.86. The number of aliphatic imine (C=N–C) groups is 1. The molecule has 0 saturated carbocycles. The molecule has 0 unspecified atom stereocenters.